The summed E-state index contributed by atoms with van der Waals surface area (Å²) < 4.78 is 46.8. The summed E-state index contributed by atoms with van der Waals surface area (Å²) in [7, 11) is 0.705. The second-order valence-corrected chi connectivity index (χ2v) is 7.28. The van der Waals surface area contributed by atoms with Crippen LogP contribution in [0.3, 0.4) is 0 Å². The average Bonchev–Trinajstić information content (AvgIpc) is 2.69. The maximum absolute atomic E-state index is 14.0. The Labute approximate surface area is 181 Å². The van der Waals surface area contributed by atoms with Crippen molar-refractivity contribution in [2.75, 3.05) is 7.11 Å². The molecular weight excluding hydrogens is 437 g/mol. The molecular formula is C20H25F3N2O7. The van der Waals surface area contributed by atoms with Gasteiger partial charge in [-0.15, -0.1) is 0 Å². The van der Waals surface area contributed by atoms with E-state index in [-0.39, 0.29) is 0 Å². The Morgan fingerprint density at radius 3 is 2.00 bits per heavy atom. The Kier molecular flexibility index (Phi) is 9.19. The molecule has 4 N–H and O–H groups in total. The van der Waals surface area contributed by atoms with Gasteiger partial charge in [-0.2, -0.15) is 13.2 Å². The number of halogens is 3. The van der Waals surface area contributed by atoms with Crippen molar-refractivity contribution in [3.8, 4) is 0 Å². The molecule has 32 heavy (non-hydrogen) atoms. The third-order valence-corrected chi connectivity index (χ3v) is 4.70. The molecule has 178 valence electrons. The highest BCUT2D eigenvalue weighted by atomic mass is 19.4. The number of carboxylic acid groups (broad SMARTS) is 2. The largest absolute Gasteiger partial charge is 0.481 e. The molecule has 0 aliphatic rings. The molecule has 0 saturated heterocycles. The number of amides is 2. The van der Waals surface area contributed by atoms with Crippen molar-refractivity contribution in [2.45, 2.75) is 50.6 Å². The van der Waals surface area contributed by atoms with E-state index in [0.717, 1.165) is 12.1 Å². The fourth-order valence-electron chi connectivity index (χ4n) is 2.99. The first-order chi connectivity index (χ1) is 14.8. The number of carbonyl (C=O) groups excluding carboxylic acids is 2. The summed E-state index contributed by atoms with van der Waals surface area (Å²) in [6.07, 6.45) is -6.22. The van der Waals surface area contributed by atoms with Gasteiger partial charge in [0.2, 0.25) is 5.91 Å². The molecule has 0 fully saturated rings. The van der Waals surface area contributed by atoms with E-state index in [1.54, 1.807) is 0 Å². The summed E-state index contributed by atoms with van der Waals surface area (Å²) in [5, 5.41) is 22.0. The van der Waals surface area contributed by atoms with E-state index in [1.807, 2.05) is 5.32 Å². The lowest BCUT2D eigenvalue weighted by Crippen LogP contribution is -2.61. The molecule has 0 spiro atoms. The third-order valence-electron chi connectivity index (χ3n) is 4.70. The van der Waals surface area contributed by atoms with Crippen LogP contribution in [0.4, 0.5) is 13.2 Å². The van der Waals surface area contributed by atoms with Gasteiger partial charge in [-0.25, -0.2) is 4.79 Å². The van der Waals surface area contributed by atoms with E-state index in [9.17, 15) is 37.5 Å². The predicted octanol–water partition coefficient (Wildman–Crippen LogP) is 1.67. The molecule has 0 aliphatic heterocycles. The van der Waals surface area contributed by atoms with Crippen molar-refractivity contribution in [3.63, 3.8) is 0 Å². The number of benzene rings is 1. The Morgan fingerprint density at radius 2 is 1.59 bits per heavy atom. The van der Waals surface area contributed by atoms with Gasteiger partial charge in [0.1, 0.15) is 12.1 Å². The molecule has 0 heterocycles. The molecule has 0 unspecified atom stereocenters. The maximum Gasteiger partial charge on any atom is 0.430 e. The number of methoxy groups -OCH3 is 1. The van der Waals surface area contributed by atoms with Gasteiger partial charge in [0, 0.05) is 19.1 Å². The summed E-state index contributed by atoms with van der Waals surface area (Å²) in [5.41, 5.74) is -3.93. The quantitative estimate of drug-likeness (QED) is 0.392. The summed E-state index contributed by atoms with van der Waals surface area (Å²) in [6.45, 7) is 2.87. The summed E-state index contributed by atoms with van der Waals surface area (Å²) >= 11 is 0. The summed E-state index contributed by atoms with van der Waals surface area (Å²) in [5.74, 6) is -6.31. The number of hydrogen-bond donors (Lipinski definition) is 4. The lowest BCUT2D eigenvalue weighted by molar-refractivity contribution is -0.266. The number of nitrogens with one attached hydrogen (secondary N) is 2. The van der Waals surface area contributed by atoms with E-state index in [1.165, 1.54) is 32.0 Å². The molecule has 12 heteroatoms. The second kappa shape index (κ2) is 10.9. The first-order valence-corrected chi connectivity index (χ1v) is 9.51. The topological polar surface area (TPSA) is 142 Å². The number of rotatable bonds is 11. The predicted molar refractivity (Wildman–Crippen MR) is 104 cm³/mol. The van der Waals surface area contributed by atoms with Gasteiger partial charge in [0.05, 0.1) is 0 Å². The van der Waals surface area contributed by atoms with Crippen molar-refractivity contribution in [2.24, 2.45) is 5.92 Å². The average molecular weight is 462 g/mol. The molecule has 2 amide bonds. The lowest BCUT2D eigenvalue weighted by atomic mass is 9.90. The van der Waals surface area contributed by atoms with Gasteiger partial charge >= 0.3 is 18.1 Å². The van der Waals surface area contributed by atoms with Crippen LogP contribution in [0.1, 0.15) is 32.3 Å². The minimum atomic E-state index is -5.20. The molecule has 9 nitrogen and oxygen atoms in total. The van der Waals surface area contributed by atoms with Crippen LogP contribution in [0.15, 0.2) is 30.3 Å². The third kappa shape index (κ3) is 6.19. The van der Waals surface area contributed by atoms with Crippen LogP contribution in [-0.2, 0) is 29.5 Å². The molecule has 0 aliphatic carbocycles. The molecule has 0 bridgehead atoms. The van der Waals surface area contributed by atoms with Crippen molar-refractivity contribution in [1.82, 2.24) is 10.6 Å². The van der Waals surface area contributed by atoms with Crippen LogP contribution in [0.25, 0.3) is 0 Å². The van der Waals surface area contributed by atoms with E-state index in [0.29, 0.717) is 7.11 Å². The van der Waals surface area contributed by atoms with Gasteiger partial charge < -0.3 is 25.6 Å². The van der Waals surface area contributed by atoms with E-state index in [4.69, 9.17) is 5.11 Å². The molecule has 0 saturated carbocycles. The molecule has 0 aromatic heterocycles. The Balaban J connectivity index is 3.23. The van der Waals surface area contributed by atoms with Gasteiger partial charge in [-0.05, 0) is 12.3 Å². The smallest absolute Gasteiger partial charge is 0.430 e. The minimum Gasteiger partial charge on any atom is -0.481 e. The number of hydrogen-bond acceptors (Lipinski definition) is 5. The highest BCUT2D eigenvalue weighted by Gasteiger charge is 2.63. The van der Waals surface area contributed by atoms with Gasteiger partial charge in [0.25, 0.3) is 11.5 Å². The molecule has 3 atom stereocenters. The zero-order chi connectivity index (χ0) is 24.7. The lowest BCUT2D eigenvalue weighted by Gasteiger charge is -2.35. The molecule has 0 radical (unpaired) electrons. The monoisotopic (exact) mass is 462 g/mol. The van der Waals surface area contributed by atoms with Gasteiger partial charge in [-0.1, -0.05) is 44.2 Å². The number of aliphatic carboxylic acids is 2. The minimum absolute atomic E-state index is 0.455. The van der Waals surface area contributed by atoms with Crippen molar-refractivity contribution in [1.29, 1.82) is 0 Å². The Morgan fingerprint density at radius 1 is 1.03 bits per heavy atom. The number of alkyl halides is 3. The van der Waals surface area contributed by atoms with Crippen molar-refractivity contribution >= 4 is 23.8 Å². The zero-order valence-corrected chi connectivity index (χ0v) is 17.6. The number of carbonyl (C=O) groups is 4. The van der Waals surface area contributed by atoms with E-state index >= 15 is 0 Å². The fraction of sp³-hybridized carbons (Fsp3) is 0.500. The Bertz CT molecular complexity index is 830. The molecule has 1 rings (SSSR count). The van der Waals surface area contributed by atoms with Crippen LogP contribution in [0.2, 0.25) is 0 Å². The van der Waals surface area contributed by atoms with Crippen LogP contribution in [-0.4, -0.2) is 59.3 Å². The number of ether oxygens (including phenoxy) is 1. The SMILES string of the molecule is CO[C@](C(=O)N[C@H](C(=O)N[C@H](CCC(=O)O)C(=O)O)C(C)C)(c1ccccc1)C(F)(F)F. The van der Waals surface area contributed by atoms with Crippen LogP contribution < -0.4 is 10.6 Å². The molecule has 1 aromatic rings. The van der Waals surface area contributed by atoms with Gasteiger partial charge in [-0.3, -0.25) is 14.4 Å². The zero-order valence-electron chi connectivity index (χ0n) is 17.6. The second-order valence-electron chi connectivity index (χ2n) is 7.28. The van der Waals surface area contributed by atoms with E-state index in [2.05, 4.69) is 10.1 Å². The van der Waals surface area contributed by atoms with Crippen LogP contribution in [0.5, 0.6) is 0 Å². The highest BCUT2D eigenvalue weighted by molar-refractivity contribution is 5.94. The van der Waals surface area contributed by atoms with Crippen LogP contribution in [0, 0.1) is 5.92 Å². The first-order valence-electron chi connectivity index (χ1n) is 9.51. The van der Waals surface area contributed by atoms with Crippen molar-refractivity contribution in [3.05, 3.63) is 35.9 Å². The normalized spacial score (nSPS) is 15.3. The van der Waals surface area contributed by atoms with Crippen molar-refractivity contribution < 1.29 is 47.3 Å². The Hall–Kier alpha value is -3.15. The van der Waals surface area contributed by atoms with Crippen LogP contribution >= 0.6 is 0 Å². The number of carboxylic acids is 2. The molecule has 1 aromatic carbocycles. The summed E-state index contributed by atoms with van der Waals surface area (Å²) in [4.78, 5) is 47.5. The standard InChI is InChI=1S/C20H25F3N2O7/c1-11(2)15(16(28)24-13(17(29)30)9-10-14(26)27)25-18(31)19(32-3,20(21,22)23)12-7-5-4-6-8-12/h4-8,11,13,15H,9-10H2,1-3H3,(H,24,28)(H,25,31)(H,26,27)(H,29,30)/t13-,15+,19+/m1/s1. The van der Waals surface area contributed by atoms with E-state index < -0.39 is 71.9 Å². The first kappa shape index (κ1) is 26.9. The highest BCUT2D eigenvalue weighted by Crippen LogP contribution is 2.42. The van der Waals surface area contributed by atoms with Gasteiger partial charge in [0.15, 0.2) is 0 Å². The maximum atomic E-state index is 14.0. The summed E-state index contributed by atoms with van der Waals surface area (Å²) in [6, 6.07) is 2.95. The fourth-order valence-corrected chi connectivity index (χ4v) is 2.99.